The number of anilines is 1. The van der Waals surface area contributed by atoms with Crippen LogP contribution in [0.1, 0.15) is 42.4 Å². The Morgan fingerprint density at radius 3 is 2.67 bits per heavy atom. The fraction of sp³-hybridized carbons (Fsp3) is 0.316. The molecule has 2 heterocycles. The number of ether oxygens (including phenoxy) is 1. The number of esters is 1. The summed E-state index contributed by atoms with van der Waals surface area (Å²) >= 11 is 0. The molecule has 140 valence electrons. The van der Waals surface area contributed by atoms with Gasteiger partial charge in [0.25, 0.3) is 0 Å². The Labute approximate surface area is 157 Å². The lowest BCUT2D eigenvalue weighted by Gasteiger charge is -2.10. The minimum atomic E-state index is -0.431. The Bertz CT molecular complexity index is 994. The summed E-state index contributed by atoms with van der Waals surface area (Å²) in [6, 6.07) is 9.82. The second kappa shape index (κ2) is 7.94. The maximum atomic E-state index is 12.4. The number of hydrogen-bond acceptors (Lipinski definition) is 7. The van der Waals surface area contributed by atoms with Crippen LogP contribution in [0.4, 0.5) is 5.82 Å². The van der Waals surface area contributed by atoms with E-state index in [0.29, 0.717) is 34.7 Å². The van der Waals surface area contributed by atoms with E-state index in [9.17, 15) is 4.79 Å². The number of carbonyl (C=O) groups is 1. The molecular formula is C19H22N6O2. The Kier molecular flexibility index (Phi) is 5.44. The van der Waals surface area contributed by atoms with Crippen LogP contribution in [0.3, 0.4) is 0 Å². The number of pyridine rings is 1. The number of hydrazone groups is 1. The average Bonchev–Trinajstić information content (AvgIpc) is 3.10. The molecule has 1 aromatic carbocycles. The molecule has 3 aromatic rings. The second-order valence-corrected chi connectivity index (χ2v) is 5.92. The predicted octanol–water partition coefficient (Wildman–Crippen LogP) is 3.17. The van der Waals surface area contributed by atoms with E-state index in [1.165, 1.54) is 0 Å². The van der Waals surface area contributed by atoms with Crippen molar-refractivity contribution in [1.82, 2.24) is 20.0 Å². The molecule has 0 amide bonds. The van der Waals surface area contributed by atoms with Crippen molar-refractivity contribution in [1.29, 1.82) is 0 Å². The molecule has 0 atom stereocenters. The molecule has 0 bridgehead atoms. The van der Waals surface area contributed by atoms with Crippen molar-refractivity contribution >= 4 is 28.5 Å². The van der Waals surface area contributed by atoms with Gasteiger partial charge in [-0.2, -0.15) is 5.10 Å². The van der Waals surface area contributed by atoms with Crippen LogP contribution in [0.2, 0.25) is 0 Å². The largest absolute Gasteiger partial charge is 0.462 e. The number of nitrogens with zero attached hydrogens (tertiary/aromatic N) is 5. The van der Waals surface area contributed by atoms with Gasteiger partial charge in [0, 0.05) is 6.54 Å². The van der Waals surface area contributed by atoms with Gasteiger partial charge < -0.3 is 4.74 Å². The fourth-order valence-electron chi connectivity index (χ4n) is 2.80. The molecule has 0 fully saturated rings. The minimum Gasteiger partial charge on any atom is -0.462 e. The maximum Gasteiger partial charge on any atom is 0.342 e. The highest BCUT2D eigenvalue weighted by Gasteiger charge is 2.23. The van der Waals surface area contributed by atoms with Crippen LogP contribution in [0.25, 0.3) is 11.0 Å². The van der Waals surface area contributed by atoms with E-state index in [4.69, 9.17) is 4.74 Å². The molecule has 0 radical (unpaired) electrons. The number of hydrogen-bond donors (Lipinski definition) is 1. The first-order valence-corrected chi connectivity index (χ1v) is 8.83. The highest BCUT2D eigenvalue weighted by Crippen LogP contribution is 2.26. The molecule has 0 aliphatic carbocycles. The lowest BCUT2D eigenvalue weighted by Crippen LogP contribution is -2.12. The predicted molar refractivity (Wildman–Crippen MR) is 104 cm³/mol. The van der Waals surface area contributed by atoms with Gasteiger partial charge in [0.1, 0.15) is 11.1 Å². The van der Waals surface area contributed by atoms with Crippen LogP contribution < -0.4 is 5.43 Å². The summed E-state index contributed by atoms with van der Waals surface area (Å²) in [7, 11) is 0. The summed E-state index contributed by atoms with van der Waals surface area (Å²) in [4.78, 5) is 16.9. The zero-order valence-corrected chi connectivity index (χ0v) is 15.9. The van der Waals surface area contributed by atoms with Gasteiger partial charge in [-0.15, -0.1) is 5.10 Å². The first-order chi connectivity index (χ1) is 13.1. The molecule has 1 N–H and O–H groups in total. The van der Waals surface area contributed by atoms with Crippen LogP contribution >= 0.6 is 0 Å². The Balaban J connectivity index is 2.06. The minimum absolute atomic E-state index is 0.286. The van der Waals surface area contributed by atoms with E-state index in [1.54, 1.807) is 18.5 Å². The first kappa shape index (κ1) is 18.5. The molecule has 27 heavy (non-hydrogen) atoms. The number of aryl methyl sites for hydroxylation is 2. The van der Waals surface area contributed by atoms with E-state index in [0.717, 1.165) is 11.3 Å². The molecule has 0 saturated heterocycles. The third-order valence-corrected chi connectivity index (χ3v) is 4.14. The van der Waals surface area contributed by atoms with Gasteiger partial charge in [-0.05, 0) is 33.3 Å². The smallest absolute Gasteiger partial charge is 0.342 e. The second-order valence-electron chi connectivity index (χ2n) is 5.92. The van der Waals surface area contributed by atoms with Crippen LogP contribution in [0, 0.1) is 6.92 Å². The maximum absolute atomic E-state index is 12.4. The molecule has 0 unspecified atom stereocenters. The van der Waals surface area contributed by atoms with Gasteiger partial charge in [-0.3, -0.25) is 5.43 Å². The third-order valence-electron chi connectivity index (χ3n) is 4.14. The first-order valence-electron chi connectivity index (χ1n) is 8.83. The van der Waals surface area contributed by atoms with Crippen LogP contribution in [-0.4, -0.2) is 38.3 Å². The summed E-state index contributed by atoms with van der Waals surface area (Å²) in [6.07, 6.45) is 0. The molecule has 8 nitrogen and oxygen atoms in total. The van der Waals surface area contributed by atoms with E-state index >= 15 is 0 Å². The fourth-order valence-corrected chi connectivity index (χ4v) is 2.80. The summed E-state index contributed by atoms with van der Waals surface area (Å²) in [6.45, 7) is 8.22. The summed E-state index contributed by atoms with van der Waals surface area (Å²) < 4.78 is 6.85. The highest BCUT2D eigenvalue weighted by molar-refractivity contribution is 6.05. The van der Waals surface area contributed by atoms with Gasteiger partial charge >= 0.3 is 5.97 Å². The Morgan fingerprint density at radius 1 is 1.26 bits per heavy atom. The molecule has 2 aromatic heterocycles. The molecule has 0 spiro atoms. The topological polar surface area (TPSA) is 94.3 Å². The SMILES string of the molecule is CCOC(=O)c1c(C)nc(NN=C(C)c2ccccc2)c2nnn(CC)c12. The van der Waals surface area contributed by atoms with Crippen molar-refractivity contribution < 1.29 is 9.53 Å². The van der Waals surface area contributed by atoms with Gasteiger partial charge in [-0.25, -0.2) is 14.5 Å². The van der Waals surface area contributed by atoms with E-state index < -0.39 is 5.97 Å². The van der Waals surface area contributed by atoms with E-state index in [-0.39, 0.29) is 6.61 Å². The van der Waals surface area contributed by atoms with Gasteiger partial charge in [-0.1, -0.05) is 35.5 Å². The van der Waals surface area contributed by atoms with E-state index in [1.807, 2.05) is 44.2 Å². The zero-order valence-electron chi connectivity index (χ0n) is 15.9. The number of fused-ring (bicyclic) bond motifs is 1. The zero-order chi connectivity index (χ0) is 19.4. The lowest BCUT2D eigenvalue weighted by molar-refractivity contribution is 0.0527. The van der Waals surface area contributed by atoms with Crippen LogP contribution in [0.15, 0.2) is 35.4 Å². The number of benzene rings is 1. The van der Waals surface area contributed by atoms with Crippen molar-refractivity contribution in [3.05, 3.63) is 47.2 Å². The summed E-state index contributed by atoms with van der Waals surface area (Å²) in [5.74, 6) is 0.0190. The summed E-state index contributed by atoms with van der Waals surface area (Å²) in [5.41, 5.74) is 6.77. The average molecular weight is 366 g/mol. The van der Waals surface area contributed by atoms with Crippen molar-refractivity contribution in [3.63, 3.8) is 0 Å². The van der Waals surface area contributed by atoms with Gasteiger partial charge in [0.15, 0.2) is 11.3 Å². The normalized spacial score (nSPS) is 11.6. The number of carbonyl (C=O) groups excluding carboxylic acids is 1. The van der Waals surface area contributed by atoms with E-state index in [2.05, 4.69) is 25.8 Å². The van der Waals surface area contributed by atoms with Gasteiger partial charge in [0.2, 0.25) is 0 Å². The molecule has 0 aliphatic heterocycles. The van der Waals surface area contributed by atoms with Crippen molar-refractivity contribution in [2.75, 3.05) is 12.0 Å². The third kappa shape index (κ3) is 3.64. The van der Waals surface area contributed by atoms with Gasteiger partial charge in [0.05, 0.1) is 18.0 Å². The molecule has 3 rings (SSSR count). The summed E-state index contributed by atoms with van der Waals surface area (Å²) in [5, 5.41) is 12.7. The molecule has 0 saturated carbocycles. The number of nitrogens with one attached hydrogen (secondary N) is 1. The lowest BCUT2D eigenvalue weighted by atomic mass is 10.1. The monoisotopic (exact) mass is 366 g/mol. The highest BCUT2D eigenvalue weighted by atomic mass is 16.5. The molecule has 8 heteroatoms. The van der Waals surface area contributed by atoms with Crippen molar-refractivity contribution in [3.8, 4) is 0 Å². The number of aromatic nitrogens is 4. The standard InChI is InChI=1S/C19H22N6O2/c1-5-25-17-15(19(26)27-6-2)13(4)20-18(16(17)22-24-25)23-21-12(3)14-10-8-7-9-11-14/h7-11H,5-6H2,1-4H3,(H,20,23). The van der Waals surface area contributed by atoms with Crippen molar-refractivity contribution in [2.45, 2.75) is 34.2 Å². The van der Waals surface area contributed by atoms with Crippen LogP contribution in [0.5, 0.6) is 0 Å². The Morgan fingerprint density at radius 2 is 2.00 bits per heavy atom. The molecular weight excluding hydrogens is 344 g/mol. The van der Waals surface area contributed by atoms with Crippen LogP contribution in [-0.2, 0) is 11.3 Å². The van der Waals surface area contributed by atoms with Crippen molar-refractivity contribution in [2.24, 2.45) is 5.10 Å². The molecule has 0 aliphatic rings. The Hall–Kier alpha value is -3.29. The quantitative estimate of drug-likeness (QED) is 0.409. The number of rotatable bonds is 6.